The first-order chi connectivity index (χ1) is 7.08. The second-order valence-corrected chi connectivity index (χ2v) is 5.54. The molecule has 0 saturated heterocycles. The van der Waals surface area contributed by atoms with Crippen LogP contribution in [0.2, 0.25) is 4.34 Å². The fourth-order valence-corrected chi connectivity index (χ4v) is 2.86. The zero-order valence-electron chi connectivity index (χ0n) is 8.38. The SMILES string of the molecule is Cc1ccc(C(Cl)c2cc(C)c(Cl)s2)o1. The Kier molecular flexibility index (Phi) is 3.10. The van der Waals surface area contributed by atoms with E-state index >= 15 is 0 Å². The fraction of sp³-hybridized carbons (Fsp3) is 0.273. The molecule has 1 unspecified atom stereocenters. The minimum atomic E-state index is -0.241. The van der Waals surface area contributed by atoms with Crippen LogP contribution in [0.3, 0.4) is 0 Å². The Morgan fingerprint density at radius 1 is 1.33 bits per heavy atom. The summed E-state index contributed by atoms with van der Waals surface area (Å²) in [5, 5.41) is -0.241. The Labute approximate surface area is 103 Å². The molecule has 2 heterocycles. The van der Waals surface area contributed by atoms with E-state index in [-0.39, 0.29) is 5.38 Å². The van der Waals surface area contributed by atoms with Crippen LogP contribution in [0.4, 0.5) is 0 Å². The van der Waals surface area contributed by atoms with Gasteiger partial charge in [-0.25, -0.2) is 0 Å². The van der Waals surface area contributed by atoms with E-state index in [0.717, 1.165) is 26.3 Å². The van der Waals surface area contributed by atoms with E-state index in [1.165, 1.54) is 11.3 Å². The van der Waals surface area contributed by atoms with Gasteiger partial charge in [0.05, 0.1) is 4.34 Å². The van der Waals surface area contributed by atoms with Gasteiger partial charge in [0.2, 0.25) is 0 Å². The number of thiophene rings is 1. The number of halogens is 2. The molecule has 2 rings (SSSR count). The molecule has 0 fully saturated rings. The number of aryl methyl sites for hydroxylation is 2. The maximum absolute atomic E-state index is 6.29. The van der Waals surface area contributed by atoms with E-state index < -0.39 is 0 Å². The normalized spacial score (nSPS) is 13.1. The number of hydrogen-bond donors (Lipinski definition) is 0. The third-order valence-electron chi connectivity index (χ3n) is 2.14. The molecular weight excluding hydrogens is 251 g/mol. The summed E-state index contributed by atoms with van der Waals surface area (Å²) in [5.74, 6) is 1.64. The predicted octanol–water partition coefficient (Wildman–Crippen LogP) is 4.94. The molecule has 0 aliphatic heterocycles. The highest BCUT2D eigenvalue weighted by molar-refractivity contribution is 7.16. The van der Waals surface area contributed by atoms with Crippen LogP contribution in [-0.4, -0.2) is 0 Å². The highest BCUT2D eigenvalue weighted by Gasteiger charge is 2.17. The van der Waals surface area contributed by atoms with E-state index in [2.05, 4.69) is 0 Å². The monoisotopic (exact) mass is 260 g/mol. The number of rotatable bonds is 2. The largest absolute Gasteiger partial charge is 0.464 e. The summed E-state index contributed by atoms with van der Waals surface area (Å²) in [6.45, 7) is 3.87. The standard InChI is InChI=1S/C11H10Cl2OS/c1-6-5-9(15-11(6)13)10(12)8-4-3-7(2)14-8/h3-5,10H,1-2H3. The average Bonchev–Trinajstić information content (AvgIpc) is 2.74. The fourth-order valence-electron chi connectivity index (χ4n) is 1.34. The van der Waals surface area contributed by atoms with Crippen LogP contribution in [0.15, 0.2) is 22.6 Å². The van der Waals surface area contributed by atoms with Gasteiger partial charge in [-0.1, -0.05) is 11.6 Å². The lowest BCUT2D eigenvalue weighted by molar-refractivity contribution is 0.490. The first-order valence-electron chi connectivity index (χ1n) is 4.54. The Morgan fingerprint density at radius 2 is 2.07 bits per heavy atom. The zero-order valence-corrected chi connectivity index (χ0v) is 10.7. The molecule has 0 aromatic carbocycles. The molecule has 0 radical (unpaired) electrons. The van der Waals surface area contributed by atoms with Crippen LogP contribution in [0.5, 0.6) is 0 Å². The van der Waals surface area contributed by atoms with Crippen molar-refractivity contribution in [1.29, 1.82) is 0 Å². The Bertz CT molecular complexity index is 453. The van der Waals surface area contributed by atoms with E-state index in [9.17, 15) is 0 Å². The van der Waals surface area contributed by atoms with Crippen molar-refractivity contribution in [2.24, 2.45) is 0 Å². The smallest absolute Gasteiger partial charge is 0.127 e. The molecular formula is C11H10Cl2OS. The van der Waals surface area contributed by atoms with Crippen molar-refractivity contribution >= 4 is 34.5 Å². The van der Waals surface area contributed by atoms with Gasteiger partial charge >= 0.3 is 0 Å². The maximum atomic E-state index is 6.29. The van der Waals surface area contributed by atoms with Crippen LogP contribution >= 0.6 is 34.5 Å². The second kappa shape index (κ2) is 4.20. The van der Waals surface area contributed by atoms with Gasteiger partial charge in [0, 0.05) is 4.88 Å². The van der Waals surface area contributed by atoms with Gasteiger partial charge in [-0.3, -0.25) is 0 Å². The Morgan fingerprint density at radius 3 is 2.53 bits per heavy atom. The zero-order chi connectivity index (χ0) is 11.0. The van der Waals surface area contributed by atoms with Gasteiger partial charge in [-0.05, 0) is 37.6 Å². The first-order valence-corrected chi connectivity index (χ1v) is 6.17. The lowest BCUT2D eigenvalue weighted by Gasteiger charge is -2.02. The Balaban J connectivity index is 2.31. The second-order valence-electron chi connectivity index (χ2n) is 3.42. The molecule has 1 nitrogen and oxygen atoms in total. The summed E-state index contributed by atoms with van der Waals surface area (Å²) >= 11 is 13.8. The van der Waals surface area contributed by atoms with Gasteiger partial charge in [0.15, 0.2) is 0 Å². The predicted molar refractivity (Wildman–Crippen MR) is 65.2 cm³/mol. The van der Waals surface area contributed by atoms with Crippen LogP contribution in [-0.2, 0) is 0 Å². The number of furan rings is 1. The summed E-state index contributed by atoms with van der Waals surface area (Å²) in [6.07, 6.45) is 0. The van der Waals surface area contributed by atoms with Crippen molar-refractivity contribution in [3.05, 3.63) is 44.5 Å². The van der Waals surface area contributed by atoms with Gasteiger partial charge in [0.25, 0.3) is 0 Å². The van der Waals surface area contributed by atoms with E-state index in [1.54, 1.807) is 0 Å². The van der Waals surface area contributed by atoms with E-state index in [0.29, 0.717) is 0 Å². The van der Waals surface area contributed by atoms with E-state index in [4.69, 9.17) is 27.6 Å². The quantitative estimate of drug-likeness (QED) is 0.698. The third kappa shape index (κ3) is 2.22. The first kappa shape index (κ1) is 11.1. The summed E-state index contributed by atoms with van der Waals surface area (Å²) in [5.41, 5.74) is 1.06. The topological polar surface area (TPSA) is 13.1 Å². The molecule has 0 N–H and O–H groups in total. The summed E-state index contributed by atoms with van der Waals surface area (Å²) in [6, 6.07) is 5.81. The molecule has 15 heavy (non-hydrogen) atoms. The molecule has 4 heteroatoms. The molecule has 80 valence electrons. The average molecular weight is 261 g/mol. The molecule has 0 aliphatic rings. The molecule has 0 saturated carbocycles. The molecule has 0 amide bonds. The lowest BCUT2D eigenvalue weighted by Crippen LogP contribution is -1.86. The van der Waals surface area contributed by atoms with Crippen molar-refractivity contribution in [2.75, 3.05) is 0 Å². The maximum Gasteiger partial charge on any atom is 0.127 e. The number of hydrogen-bond acceptors (Lipinski definition) is 2. The van der Waals surface area contributed by atoms with Gasteiger partial charge in [0.1, 0.15) is 16.9 Å². The van der Waals surface area contributed by atoms with Crippen LogP contribution in [0, 0.1) is 13.8 Å². The van der Waals surface area contributed by atoms with Gasteiger partial charge < -0.3 is 4.42 Å². The minimum absolute atomic E-state index is 0.241. The molecule has 2 aromatic heterocycles. The van der Waals surface area contributed by atoms with Crippen LogP contribution < -0.4 is 0 Å². The summed E-state index contributed by atoms with van der Waals surface area (Å²) in [4.78, 5) is 1.02. The molecule has 0 bridgehead atoms. The van der Waals surface area contributed by atoms with Crippen molar-refractivity contribution < 1.29 is 4.42 Å². The Hall–Kier alpha value is -0.440. The number of alkyl halides is 1. The van der Waals surface area contributed by atoms with Crippen LogP contribution in [0.1, 0.15) is 27.3 Å². The molecule has 2 aromatic rings. The van der Waals surface area contributed by atoms with Gasteiger partial charge in [-0.2, -0.15) is 0 Å². The highest BCUT2D eigenvalue weighted by atomic mass is 35.5. The lowest BCUT2D eigenvalue weighted by atomic mass is 10.2. The third-order valence-corrected chi connectivity index (χ3v) is 4.34. The van der Waals surface area contributed by atoms with Crippen molar-refractivity contribution in [2.45, 2.75) is 19.2 Å². The highest BCUT2D eigenvalue weighted by Crippen LogP contribution is 2.38. The summed E-state index contributed by atoms with van der Waals surface area (Å²) < 4.78 is 6.27. The van der Waals surface area contributed by atoms with Crippen molar-refractivity contribution in [3.63, 3.8) is 0 Å². The van der Waals surface area contributed by atoms with Crippen LogP contribution in [0.25, 0.3) is 0 Å². The summed E-state index contributed by atoms with van der Waals surface area (Å²) in [7, 11) is 0. The molecule has 1 atom stereocenters. The molecule has 0 aliphatic carbocycles. The molecule has 0 spiro atoms. The van der Waals surface area contributed by atoms with E-state index in [1.807, 2.05) is 32.0 Å². The van der Waals surface area contributed by atoms with Crippen molar-refractivity contribution in [1.82, 2.24) is 0 Å². The van der Waals surface area contributed by atoms with Crippen molar-refractivity contribution in [3.8, 4) is 0 Å². The van der Waals surface area contributed by atoms with Gasteiger partial charge in [-0.15, -0.1) is 22.9 Å². The minimum Gasteiger partial charge on any atom is -0.464 e.